The van der Waals surface area contributed by atoms with E-state index in [0.717, 1.165) is 23.0 Å². The van der Waals surface area contributed by atoms with Crippen LogP contribution < -0.4 is 10.6 Å². The Hall–Kier alpha value is -3.00. The third-order valence-electron chi connectivity index (χ3n) is 4.50. The molecule has 1 aliphatic carbocycles. The number of anilines is 2. The second kappa shape index (κ2) is 7.55. The molecule has 28 heavy (non-hydrogen) atoms. The fourth-order valence-electron chi connectivity index (χ4n) is 2.85. The van der Waals surface area contributed by atoms with Crippen LogP contribution in [-0.4, -0.2) is 26.8 Å². The lowest BCUT2D eigenvalue weighted by Gasteiger charge is -2.08. The molecule has 3 aromatic rings. The number of hydrogen-bond donors (Lipinski definition) is 2. The SMILES string of the molecule is Cc1c(C(=O)Nc2cccc(NC(=O)C3CC3)c2)nnn1-c1cccc(Br)c1. The second-order valence-electron chi connectivity index (χ2n) is 6.71. The monoisotopic (exact) mass is 439 g/mol. The number of nitrogens with zero attached hydrogens (tertiary/aromatic N) is 3. The first-order valence-corrected chi connectivity index (χ1v) is 9.71. The van der Waals surface area contributed by atoms with E-state index < -0.39 is 0 Å². The van der Waals surface area contributed by atoms with Crippen molar-refractivity contribution < 1.29 is 9.59 Å². The molecule has 1 saturated carbocycles. The summed E-state index contributed by atoms with van der Waals surface area (Å²) in [7, 11) is 0. The van der Waals surface area contributed by atoms with Crippen LogP contribution >= 0.6 is 15.9 Å². The Morgan fingerprint density at radius 2 is 1.79 bits per heavy atom. The number of hydrogen-bond acceptors (Lipinski definition) is 4. The fraction of sp³-hybridized carbons (Fsp3) is 0.200. The average molecular weight is 440 g/mol. The van der Waals surface area contributed by atoms with Crippen molar-refractivity contribution in [2.24, 2.45) is 5.92 Å². The zero-order chi connectivity index (χ0) is 19.7. The van der Waals surface area contributed by atoms with Gasteiger partial charge in [-0.15, -0.1) is 5.10 Å². The van der Waals surface area contributed by atoms with E-state index in [9.17, 15) is 9.59 Å². The number of rotatable bonds is 5. The van der Waals surface area contributed by atoms with Crippen LogP contribution in [-0.2, 0) is 4.79 Å². The summed E-state index contributed by atoms with van der Waals surface area (Å²) in [4.78, 5) is 24.6. The standard InChI is InChI=1S/C20H18BrN5O2/c1-12-18(24-25-26(12)17-7-2-4-14(21)10-17)20(28)23-16-6-3-5-15(11-16)22-19(27)13-8-9-13/h2-7,10-11,13H,8-9H2,1H3,(H,22,27)(H,23,28). The lowest BCUT2D eigenvalue weighted by molar-refractivity contribution is -0.117. The van der Waals surface area contributed by atoms with E-state index in [4.69, 9.17) is 0 Å². The van der Waals surface area contributed by atoms with Crippen LogP contribution in [0.15, 0.2) is 53.0 Å². The maximum atomic E-state index is 12.7. The van der Waals surface area contributed by atoms with Gasteiger partial charge in [0.2, 0.25) is 5.91 Å². The molecule has 0 unspecified atom stereocenters. The quantitative estimate of drug-likeness (QED) is 0.629. The minimum Gasteiger partial charge on any atom is -0.326 e. The number of benzene rings is 2. The molecule has 1 aromatic heterocycles. The third kappa shape index (κ3) is 3.96. The molecule has 2 amide bonds. The van der Waals surface area contributed by atoms with E-state index in [1.807, 2.05) is 24.3 Å². The second-order valence-corrected chi connectivity index (χ2v) is 7.63. The molecular formula is C20H18BrN5O2. The van der Waals surface area contributed by atoms with Crippen LogP contribution in [0.3, 0.4) is 0 Å². The summed E-state index contributed by atoms with van der Waals surface area (Å²) in [6, 6.07) is 14.7. The Kier molecular flexibility index (Phi) is 4.95. The zero-order valence-electron chi connectivity index (χ0n) is 15.1. The van der Waals surface area contributed by atoms with Gasteiger partial charge in [0.25, 0.3) is 5.91 Å². The van der Waals surface area contributed by atoms with Crippen molar-refractivity contribution >= 4 is 39.1 Å². The Morgan fingerprint density at radius 1 is 1.07 bits per heavy atom. The number of halogens is 1. The van der Waals surface area contributed by atoms with Gasteiger partial charge in [-0.05, 0) is 56.2 Å². The van der Waals surface area contributed by atoms with Gasteiger partial charge in [-0.2, -0.15) is 0 Å². The summed E-state index contributed by atoms with van der Waals surface area (Å²) in [5.74, 6) is -0.213. The van der Waals surface area contributed by atoms with Gasteiger partial charge in [0.1, 0.15) is 0 Å². The molecule has 7 nitrogen and oxygen atoms in total. The van der Waals surface area contributed by atoms with Crippen molar-refractivity contribution in [3.8, 4) is 5.69 Å². The summed E-state index contributed by atoms with van der Waals surface area (Å²) >= 11 is 3.43. The van der Waals surface area contributed by atoms with Crippen LogP contribution in [0.4, 0.5) is 11.4 Å². The molecule has 4 rings (SSSR count). The van der Waals surface area contributed by atoms with Gasteiger partial charge >= 0.3 is 0 Å². The van der Waals surface area contributed by atoms with E-state index in [0.29, 0.717) is 17.1 Å². The van der Waals surface area contributed by atoms with Crippen molar-refractivity contribution in [1.82, 2.24) is 15.0 Å². The van der Waals surface area contributed by atoms with Crippen LogP contribution in [0.1, 0.15) is 29.0 Å². The highest BCUT2D eigenvalue weighted by Gasteiger charge is 2.29. The minimum atomic E-state index is -0.357. The topological polar surface area (TPSA) is 88.9 Å². The highest BCUT2D eigenvalue weighted by molar-refractivity contribution is 9.10. The van der Waals surface area contributed by atoms with Gasteiger partial charge in [-0.25, -0.2) is 4.68 Å². The highest BCUT2D eigenvalue weighted by atomic mass is 79.9. The summed E-state index contributed by atoms with van der Waals surface area (Å²) in [6.07, 6.45) is 1.88. The number of carbonyl (C=O) groups excluding carboxylic acids is 2. The molecule has 142 valence electrons. The van der Waals surface area contributed by atoms with Crippen molar-refractivity contribution in [2.45, 2.75) is 19.8 Å². The molecule has 2 aromatic carbocycles. The van der Waals surface area contributed by atoms with E-state index in [2.05, 4.69) is 36.9 Å². The number of carbonyl (C=O) groups is 2. The summed E-state index contributed by atoms with van der Waals surface area (Å²) in [6.45, 7) is 1.79. The number of nitrogens with one attached hydrogen (secondary N) is 2. The first kappa shape index (κ1) is 18.4. The first-order chi connectivity index (χ1) is 13.5. The average Bonchev–Trinajstić information content (AvgIpc) is 3.44. The lowest BCUT2D eigenvalue weighted by atomic mass is 10.2. The minimum absolute atomic E-state index is 0.0243. The van der Waals surface area contributed by atoms with Gasteiger partial charge in [0.15, 0.2) is 5.69 Å². The molecule has 1 aliphatic rings. The molecular weight excluding hydrogens is 422 g/mol. The van der Waals surface area contributed by atoms with Crippen molar-refractivity contribution in [2.75, 3.05) is 10.6 Å². The van der Waals surface area contributed by atoms with Gasteiger partial charge in [-0.1, -0.05) is 33.3 Å². The van der Waals surface area contributed by atoms with Crippen LogP contribution in [0, 0.1) is 12.8 Å². The van der Waals surface area contributed by atoms with E-state index in [1.165, 1.54) is 0 Å². The maximum absolute atomic E-state index is 12.7. The first-order valence-electron chi connectivity index (χ1n) is 8.92. The Labute approximate surface area is 170 Å². The van der Waals surface area contributed by atoms with Gasteiger partial charge in [0, 0.05) is 21.8 Å². The highest BCUT2D eigenvalue weighted by Crippen LogP contribution is 2.30. The molecule has 0 aliphatic heterocycles. The molecule has 8 heteroatoms. The molecule has 0 spiro atoms. The smallest absolute Gasteiger partial charge is 0.278 e. The summed E-state index contributed by atoms with van der Waals surface area (Å²) in [5, 5.41) is 13.8. The zero-order valence-corrected chi connectivity index (χ0v) is 16.7. The largest absolute Gasteiger partial charge is 0.326 e. The molecule has 0 radical (unpaired) electrons. The normalized spacial score (nSPS) is 13.2. The Bertz CT molecular complexity index is 1060. The van der Waals surface area contributed by atoms with Crippen LogP contribution in [0.5, 0.6) is 0 Å². The summed E-state index contributed by atoms with van der Waals surface area (Å²) in [5.41, 5.74) is 2.92. The van der Waals surface area contributed by atoms with Gasteiger partial charge in [-0.3, -0.25) is 9.59 Å². The maximum Gasteiger partial charge on any atom is 0.278 e. The van der Waals surface area contributed by atoms with Gasteiger partial charge < -0.3 is 10.6 Å². The number of amides is 2. The molecule has 0 saturated heterocycles. The van der Waals surface area contributed by atoms with Crippen LogP contribution in [0.25, 0.3) is 5.69 Å². The Balaban J connectivity index is 1.50. The molecule has 1 fully saturated rings. The van der Waals surface area contributed by atoms with Crippen molar-refractivity contribution in [3.63, 3.8) is 0 Å². The molecule has 1 heterocycles. The third-order valence-corrected chi connectivity index (χ3v) is 4.99. The number of aromatic nitrogens is 3. The van der Waals surface area contributed by atoms with Gasteiger partial charge in [0.05, 0.1) is 11.4 Å². The van der Waals surface area contributed by atoms with E-state index >= 15 is 0 Å². The Morgan fingerprint density at radius 3 is 2.50 bits per heavy atom. The van der Waals surface area contributed by atoms with Crippen molar-refractivity contribution in [3.05, 3.63) is 64.4 Å². The van der Waals surface area contributed by atoms with E-state index in [-0.39, 0.29) is 23.4 Å². The molecule has 0 bridgehead atoms. The predicted molar refractivity (Wildman–Crippen MR) is 110 cm³/mol. The van der Waals surface area contributed by atoms with E-state index in [1.54, 1.807) is 35.9 Å². The lowest BCUT2D eigenvalue weighted by Crippen LogP contribution is -2.16. The van der Waals surface area contributed by atoms with Crippen molar-refractivity contribution in [1.29, 1.82) is 0 Å². The van der Waals surface area contributed by atoms with Crippen LogP contribution in [0.2, 0.25) is 0 Å². The molecule has 2 N–H and O–H groups in total. The fourth-order valence-corrected chi connectivity index (χ4v) is 3.23. The predicted octanol–water partition coefficient (Wildman–Crippen LogP) is 3.94. The summed E-state index contributed by atoms with van der Waals surface area (Å²) < 4.78 is 2.53. The molecule has 0 atom stereocenters.